The second-order valence-electron chi connectivity index (χ2n) is 6.59. The number of allylic oxidation sites excluding steroid dienone is 1. The van der Waals surface area contributed by atoms with Gasteiger partial charge in [0.25, 0.3) is 5.60 Å². The number of nitrogens with one attached hydrogen (secondary N) is 1. The lowest BCUT2D eigenvalue weighted by atomic mass is 9.89. The van der Waals surface area contributed by atoms with Crippen LogP contribution in [0.2, 0.25) is 0 Å². The summed E-state index contributed by atoms with van der Waals surface area (Å²) in [5, 5.41) is 3.21. The molecule has 1 aliphatic heterocycles. The molecule has 0 amide bonds. The van der Waals surface area contributed by atoms with E-state index in [9.17, 15) is 26.3 Å². The van der Waals surface area contributed by atoms with Crippen LogP contribution in [0.3, 0.4) is 0 Å². The fourth-order valence-electron chi connectivity index (χ4n) is 3.34. The summed E-state index contributed by atoms with van der Waals surface area (Å²) in [6.45, 7) is 3.17. The molecule has 0 atom stereocenters. The van der Waals surface area contributed by atoms with Crippen molar-refractivity contribution in [1.82, 2.24) is 5.32 Å². The lowest BCUT2D eigenvalue weighted by Crippen LogP contribution is -2.56. The van der Waals surface area contributed by atoms with Gasteiger partial charge in [-0.2, -0.15) is 26.3 Å². The summed E-state index contributed by atoms with van der Waals surface area (Å²) in [5.74, 6) is 0. The number of alkyl halides is 6. The van der Waals surface area contributed by atoms with Gasteiger partial charge in [-0.1, -0.05) is 18.2 Å². The van der Waals surface area contributed by atoms with E-state index in [4.69, 9.17) is 0 Å². The first-order valence-corrected chi connectivity index (χ1v) is 9.07. The van der Waals surface area contributed by atoms with Gasteiger partial charge in [0.2, 0.25) is 0 Å². The molecule has 0 aliphatic carbocycles. The molecule has 0 spiro atoms. The standard InChI is InChI=1S/C19H24F6N2O2/c1-3-5-14-12-15(6-7-16(14)27-10-4-8-26-9-11-27)17(18(20,21)22,19(23,24)25)29-13-28-2/h3,5-7,12,26H,4,8-11,13H2,1-2H3. The SMILES string of the molecule is CC=Cc1cc(C(OCOC)(C(F)(F)F)C(F)(F)F)ccc1N1CCCNCC1. The molecule has 29 heavy (non-hydrogen) atoms. The molecule has 1 aromatic rings. The van der Waals surface area contributed by atoms with Crippen LogP contribution >= 0.6 is 0 Å². The summed E-state index contributed by atoms with van der Waals surface area (Å²) < 4.78 is 91.3. The predicted octanol–water partition coefficient (Wildman–Crippen LogP) is 4.46. The van der Waals surface area contributed by atoms with Crippen molar-refractivity contribution >= 4 is 11.8 Å². The number of hydrogen-bond acceptors (Lipinski definition) is 4. The molecular formula is C19H24F6N2O2. The molecule has 1 heterocycles. The molecule has 4 nitrogen and oxygen atoms in total. The Labute approximate surface area is 165 Å². The van der Waals surface area contributed by atoms with E-state index in [1.807, 2.05) is 4.90 Å². The van der Waals surface area contributed by atoms with Gasteiger partial charge in [-0.3, -0.25) is 0 Å². The van der Waals surface area contributed by atoms with E-state index in [-0.39, 0.29) is 5.56 Å². The van der Waals surface area contributed by atoms with Crippen LogP contribution in [0.15, 0.2) is 24.3 Å². The van der Waals surface area contributed by atoms with E-state index in [2.05, 4.69) is 14.8 Å². The third-order valence-corrected chi connectivity index (χ3v) is 4.65. The highest BCUT2D eigenvalue weighted by molar-refractivity contribution is 5.69. The van der Waals surface area contributed by atoms with Crippen molar-refractivity contribution in [2.45, 2.75) is 31.3 Å². The summed E-state index contributed by atoms with van der Waals surface area (Å²) in [6, 6.07) is 3.01. The third-order valence-electron chi connectivity index (χ3n) is 4.65. The predicted molar refractivity (Wildman–Crippen MR) is 97.6 cm³/mol. The van der Waals surface area contributed by atoms with Gasteiger partial charge in [-0.15, -0.1) is 0 Å². The molecule has 0 bridgehead atoms. The maximum absolute atomic E-state index is 13.8. The first-order chi connectivity index (χ1) is 13.6. The average molecular weight is 426 g/mol. The topological polar surface area (TPSA) is 33.7 Å². The molecule has 164 valence electrons. The molecule has 1 N–H and O–H groups in total. The van der Waals surface area contributed by atoms with Gasteiger partial charge in [0, 0.05) is 38.0 Å². The van der Waals surface area contributed by atoms with E-state index < -0.39 is 30.3 Å². The first-order valence-electron chi connectivity index (χ1n) is 9.07. The van der Waals surface area contributed by atoms with Crippen molar-refractivity contribution in [3.63, 3.8) is 0 Å². The molecule has 0 aromatic heterocycles. The van der Waals surface area contributed by atoms with Crippen LogP contribution in [0.1, 0.15) is 24.5 Å². The molecule has 10 heteroatoms. The quantitative estimate of drug-likeness (QED) is 0.538. The van der Waals surface area contributed by atoms with Crippen molar-refractivity contribution in [3.8, 4) is 0 Å². The Kier molecular flexibility index (Phi) is 7.58. The summed E-state index contributed by atoms with van der Waals surface area (Å²) in [7, 11) is 0.958. The largest absolute Gasteiger partial charge is 0.430 e. The van der Waals surface area contributed by atoms with E-state index in [1.54, 1.807) is 13.0 Å². The Morgan fingerprint density at radius 3 is 2.34 bits per heavy atom. The van der Waals surface area contributed by atoms with E-state index in [0.29, 0.717) is 25.3 Å². The van der Waals surface area contributed by atoms with Crippen LogP contribution in [-0.4, -0.2) is 52.4 Å². The van der Waals surface area contributed by atoms with Crippen molar-refractivity contribution < 1.29 is 35.8 Å². The maximum Gasteiger partial charge on any atom is 0.430 e. The van der Waals surface area contributed by atoms with Crippen LogP contribution < -0.4 is 10.2 Å². The summed E-state index contributed by atoms with van der Waals surface area (Å²) >= 11 is 0. The third kappa shape index (κ3) is 4.87. The summed E-state index contributed by atoms with van der Waals surface area (Å²) in [4.78, 5) is 1.94. The number of rotatable bonds is 6. The summed E-state index contributed by atoms with van der Waals surface area (Å²) in [6.07, 6.45) is -7.62. The fourth-order valence-corrected chi connectivity index (χ4v) is 3.34. The number of anilines is 1. The number of benzene rings is 1. The molecule has 0 unspecified atom stereocenters. The van der Waals surface area contributed by atoms with Crippen molar-refractivity contribution in [2.75, 3.05) is 45.0 Å². The first kappa shape index (κ1) is 23.5. The van der Waals surface area contributed by atoms with Crippen molar-refractivity contribution in [2.24, 2.45) is 0 Å². The second kappa shape index (κ2) is 9.36. The van der Waals surface area contributed by atoms with Gasteiger partial charge in [0.15, 0.2) is 0 Å². The molecular weight excluding hydrogens is 402 g/mol. The minimum Gasteiger partial charge on any atom is -0.370 e. The number of hydrogen-bond donors (Lipinski definition) is 1. The number of nitrogens with zero attached hydrogens (tertiary/aromatic N) is 1. The fraction of sp³-hybridized carbons (Fsp3) is 0.579. The molecule has 1 fully saturated rings. The zero-order chi connectivity index (χ0) is 21.7. The summed E-state index contributed by atoms with van der Waals surface area (Å²) in [5.41, 5.74) is -4.71. The van der Waals surface area contributed by atoms with Gasteiger partial charge in [0.05, 0.1) is 0 Å². The number of halogens is 6. The van der Waals surface area contributed by atoms with Crippen LogP contribution in [0.25, 0.3) is 6.08 Å². The zero-order valence-corrected chi connectivity index (χ0v) is 16.2. The number of ether oxygens (including phenoxy) is 2. The smallest absolute Gasteiger partial charge is 0.370 e. The highest BCUT2D eigenvalue weighted by Crippen LogP contribution is 2.53. The van der Waals surface area contributed by atoms with E-state index in [1.165, 1.54) is 12.1 Å². The van der Waals surface area contributed by atoms with Crippen molar-refractivity contribution in [1.29, 1.82) is 0 Å². The molecule has 1 aliphatic rings. The Balaban J connectivity index is 2.63. The van der Waals surface area contributed by atoms with Gasteiger partial charge in [0.1, 0.15) is 6.79 Å². The monoisotopic (exact) mass is 426 g/mol. The molecule has 0 radical (unpaired) electrons. The Hall–Kier alpha value is -1.78. The van der Waals surface area contributed by atoms with Crippen LogP contribution in [0, 0.1) is 0 Å². The lowest BCUT2D eigenvalue weighted by Gasteiger charge is -2.37. The highest BCUT2D eigenvalue weighted by Gasteiger charge is 2.73. The van der Waals surface area contributed by atoms with Crippen LogP contribution in [-0.2, 0) is 15.1 Å². The van der Waals surface area contributed by atoms with Gasteiger partial charge in [-0.25, -0.2) is 0 Å². The van der Waals surface area contributed by atoms with Gasteiger partial charge in [-0.05, 0) is 37.6 Å². The van der Waals surface area contributed by atoms with Gasteiger partial charge < -0.3 is 19.7 Å². The van der Waals surface area contributed by atoms with E-state index in [0.717, 1.165) is 32.2 Å². The molecule has 2 rings (SSSR count). The van der Waals surface area contributed by atoms with Crippen molar-refractivity contribution in [3.05, 3.63) is 35.4 Å². The lowest BCUT2D eigenvalue weighted by molar-refractivity contribution is -0.400. The molecule has 1 aromatic carbocycles. The minimum atomic E-state index is -5.75. The Morgan fingerprint density at radius 2 is 1.76 bits per heavy atom. The van der Waals surface area contributed by atoms with Crippen LogP contribution in [0.5, 0.6) is 0 Å². The van der Waals surface area contributed by atoms with Crippen LogP contribution in [0.4, 0.5) is 32.0 Å². The second-order valence-corrected chi connectivity index (χ2v) is 6.59. The Morgan fingerprint density at radius 1 is 1.07 bits per heavy atom. The van der Waals surface area contributed by atoms with E-state index >= 15 is 0 Å². The van der Waals surface area contributed by atoms with Gasteiger partial charge >= 0.3 is 12.4 Å². The zero-order valence-electron chi connectivity index (χ0n) is 16.2. The Bertz CT molecular complexity index is 681. The highest BCUT2D eigenvalue weighted by atomic mass is 19.4. The number of methoxy groups -OCH3 is 1. The normalized spacial score (nSPS) is 17.0. The molecule has 1 saturated heterocycles. The average Bonchev–Trinajstić information content (AvgIpc) is 2.90. The maximum atomic E-state index is 13.8. The molecule has 0 saturated carbocycles. The minimum absolute atomic E-state index is 0.255.